The van der Waals surface area contributed by atoms with Crippen molar-refractivity contribution in [1.82, 2.24) is 0 Å². The van der Waals surface area contributed by atoms with Gasteiger partial charge in [-0.15, -0.1) is 0 Å². The van der Waals surface area contributed by atoms with Gasteiger partial charge in [0.05, 0.1) is 18.8 Å². The third kappa shape index (κ3) is 3.26. The summed E-state index contributed by atoms with van der Waals surface area (Å²) >= 11 is 0. The Morgan fingerprint density at radius 2 is 2.05 bits per heavy atom. The van der Waals surface area contributed by atoms with Gasteiger partial charge in [0.25, 0.3) is 0 Å². The van der Waals surface area contributed by atoms with Crippen LogP contribution in [0.4, 0.5) is 0 Å². The molecule has 0 aromatic heterocycles. The van der Waals surface area contributed by atoms with Gasteiger partial charge >= 0.3 is 7.82 Å². The maximum Gasteiger partial charge on any atom is 0.472 e. The first-order chi connectivity index (χ1) is 9.15. The van der Waals surface area contributed by atoms with Crippen LogP contribution < -0.4 is 0 Å². The fourth-order valence-electron chi connectivity index (χ4n) is 3.13. The van der Waals surface area contributed by atoms with Crippen molar-refractivity contribution in [2.75, 3.05) is 6.61 Å². The Labute approximate surface area is 120 Å². The molecule has 0 aromatic rings. The number of ether oxygens (including phenoxy) is 2. The van der Waals surface area contributed by atoms with Gasteiger partial charge in [-0.1, -0.05) is 13.8 Å². The molecule has 2 bridgehead atoms. The van der Waals surface area contributed by atoms with Gasteiger partial charge in [0.2, 0.25) is 0 Å². The van der Waals surface area contributed by atoms with Crippen LogP contribution in [-0.4, -0.2) is 41.5 Å². The molecular weight excluding hydrogens is 283 g/mol. The molecule has 1 N–H and O–H groups in total. The average molecular weight is 308 g/mol. The van der Waals surface area contributed by atoms with Gasteiger partial charge < -0.3 is 14.4 Å². The molecule has 2 unspecified atom stereocenters. The van der Waals surface area contributed by atoms with Gasteiger partial charge in [-0.05, 0) is 33.1 Å². The molecule has 0 spiro atoms. The van der Waals surface area contributed by atoms with Gasteiger partial charge in [-0.25, -0.2) is 4.57 Å². The van der Waals surface area contributed by atoms with E-state index in [1.165, 1.54) is 0 Å². The molecule has 2 heterocycles. The lowest BCUT2D eigenvalue weighted by Crippen LogP contribution is -2.42. The smallest absolute Gasteiger partial charge is 0.370 e. The van der Waals surface area contributed by atoms with Gasteiger partial charge in [0.1, 0.15) is 17.8 Å². The van der Waals surface area contributed by atoms with Crippen LogP contribution in [0, 0.1) is 5.92 Å². The van der Waals surface area contributed by atoms with Crippen LogP contribution in [0.15, 0.2) is 0 Å². The zero-order chi connectivity index (χ0) is 15.1. The summed E-state index contributed by atoms with van der Waals surface area (Å²) in [5.74, 6) is 0.373. The maximum atomic E-state index is 12.0. The second-order valence-corrected chi connectivity index (χ2v) is 7.77. The molecule has 0 aliphatic carbocycles. The van der Waals surface area contributed by atoms with Crippen molar-refractivity contribution < 1.29 is 28.0 Å². The van der Waals surface area contributed by atoms with Crippen molar-refractivity contribution in [1.29, 1.82) is 0 Å². The molecule has 2 rings (SSSR count). The Morgan fingerprint density at radius 1 is 1.40 bits per heavy atom. The van der Waals surface area contributed by atoms with E-state index in [4.69, 9.17) is 18.5 Å². The highest BCUT2D eigenvalue weighted by Crippen LogP contribution is 2.54. The van der Waals surface area contributed by atoms with Crippen molar-refractivity contribution >= 4 is 7.82 Å². The minimum Gasteiger partial charge on any atom is -0.370 e. The summed E-state index contributed by atoms with van der Waals surface area (Å²) in [4.78, 5) is 9.84. The zero-order valence-electron chi connectivity index (χ0n) is 12.7. The van der Waals surface area contributed by atoms with Crippen LogP contribution in [0.2, 0.25) is 0 Å². The molecule has 0 aromatic carbocycles. The van der Waals surface area contributed by atoms with E-state index in [1.807, 2.05) is 6.92 Å². The lowest BCUT2D eigenvalue weighted by Gasteiger charge is -2.32. The summed E-state index contributed by atoms with van der Waals surface area (Å²) < 4.78 is 34.1. The predicted molar refractivity (Wildman–Crippen MR) is 73.4 cm³/mol. The molecule has 0 radical (unpaired) electrons. The molecule has 5 atom stereocenters. The Morgan fingerprint density at radius 3 is 2.55 bits per heavy atom. The van der Waals surface area contributed by atoms with E-state index >= 15 is 0 Å². The fraction of sp³-hybridized carbons (Fsp3) is 1.00. The van der Waals surface area contributed by atoms with Crippen LogP contribution in [0.25, 0.3) is 0 Å². The van der Waals surface area contributed by atoms with Crippen LogP contribution in [0.1, 0.15) is 41.0 Å². The quantitative estimate of drug-likeness (QED) is 0.760. The summed E-state index contributed by atoms with van der Waals surface area (Å²) in [6, 6.07) is 0. The van der Waals surface area contributed by atoms with E-state index in [0.717, 1.165) is 6.42 Å². The first kappa shape index (κ1) is 16.4. The first-order valence-electron chi connectivity index (χ1n) is 7.14. The summed E-state index contributed by atoms with van der Waals surface area (Å²) in [7, 11) is -4.11. The van der Waals surface area contributed by atoms with Gasteiger partial charge in [0, 0.05) is 0 Å². The number of hydrogen-bond acceptors (Lipinski definition) is 5. The molecule has 2 aliphatic rings. The molecule has 2 saturated heterocycles. The second-order valence-electron chi connectivity index (χ2n) is 6.41. The Balaban J connectivity index is 2.15. The minimum atomic E-state index is -4.11. The number of phosphoric acid groups is 1. The van der Waals surface area contributed by atoms with Crippen molar-refractivity contribution in [2.24, 2.45) is 5.92 Å². The van der Waals surface area contributed by atoms with Crippen molar-refractivity contribution in [3.05, 3.63) is 0 Å². The molecule has 0 amide bonds. The van der Waals surface area contributed by atoms with Crippen LogP contribution in [0.5, 0.6) is 0 Å². The van der Waals surface area contributed by atoms with E-state index in [-0.39, 0.29) is 18.3 Å². The van der Waals surface area contributed by atoms with E-state index in [0.29, 0.717) is 12.5 Å². The highest BCUT2D eigenvalue weighted by Gasteiger charge is 2.62. The van der Waals surface area contributed by atoms with Crippen LogP contribution in [-0.2, 0) is 23.1 Å². The van der Waals surface area contributed by atoms with Crippen molar-refractivity contribution in [3.8, 4) is 0 Å². The monoisotopic (exact) mass is 308 g/mol. The van der Waals surface area contributed by atoms with Crippen LogP contribution >= 0.6 is 7.82 Å². The Bertz CT molecular complexity index is 398. The van der Waals surface area contributed by atoms with E-state index < -0.39 is 19.5 Å². The van der Waals surface area contributed by atoms with Gasteiger partial charge in [0.15, 0.2) is 0 Å². The maximum absolute atomic E-state index is 12.0. The highest BCUT2D eigenvalue weighted by atomic mass is 31.2. The SMILES string of the molecule is CC(C)C[C@]12COC([C@H](C)O1)[C@@H]2OP(=O)(O)OC(C)C. The first-order valence-corrected chi connectivity index (χ1v) is 8.64. The molecular formula is C13H25O6P. The van der Waals surface area contributed by atoms with Gasteiger partial charge in [-0.2, -0.15) is 0 Å². The number of hydrogen-bond donors (Lipinski definition) is 1. The third-order valence-electron chi connectivity index (χ3n) is 3.56. The minimum absolute atomic E-state index is 0.147. The van der Waals surface area contributed by atoms with E-state index in [2.05, 4.69) is 13.8 Å². The molecule has 2 aliphatic heterocycles. The van der Waals surface area contributed by atoms with Crippen LogP contribution in [0.3, 0.4) is 0 Å². The molecule has 0 saturated carbocycles. The summed E-state index contributed by atoms with van der Waals surface area (Å²) in [6.45, 7) is 9.83. The van der Waals surface area contributed by atoms with Crippen molar-refractivity contribution in [3.63, 3.8) is 0 Å². The lowest BCUT2D eigenvalue weighted by atomic mass is 9.89. The molecule has 2 fully saturated rings. The largest absolute Gasteiger partial charge is 0.472 e. The third-order valence-corrected chi connectivity index (χ3v) is 4.75. The standard InChI is InChI=1S/C13H25O6P/c1-8(2)6-13-7-16-11(10(5)17-13)12(13)19-20(14,15)18-9(3)4/h8-12H,6-7H2,1-5H3,(H,14,15)/t10-,11?,12-,13+/m0/s1. The molecule has 7 heteroatoms. The number of rotatable bonds is 6. The topological polar surface area (TPSA) is 74.2 Å². The highest BCUT2D eigenvalue weighted by molar-refractivity contribution is 7.47. The zero-order valence-corrected chi connectivity index (χ0v) is 13.6. The van der Waals surface area contributed by atoms with Gasteiger partial charge in [-0.3, -0.25) is 9.05 Å². The second kappa shape index (κ2) is 5.67. The number of fused-ring (bicyclic) bond motifs is 2. The predicted octanol–water partition coefficient (Wildman–Crippen LogP) is 2.50. The summed E-state index contributed by atoms with van der Waals surface area (Å²) in [6.07, 6.45) is -0.684. The molecule has 118 valence electrons. The number of phosphoric ester groups is 1. The fourth-order valence-corrected chi connectivity index (χ4v) is 4.31. The molecule has 20 heavy (non-hydrogen) atoms. The molecule has 6 nitrogen and oxygen atoms in total. The summed E-state index contributed by atoms with van der Waals surface area (Å²) in [5, 5.41) is 0. The average Bonchev–Trinajstić information content (AvgIpc) is 2.64. The van der Waals surface area contributed by atoms with E-state index in [1.54, 1.807) is 13.8 Å². The Hall–Kier alpha value is 0.0300. The van der Waals surface area contributed by atoms with Crippen molar-refractivity contribution in [2.45, 2.75) is 71.1 Å². The Kier molecular flexibility index (Phi) is 4.65. The summed E-state index contributed by atoms with van der Waals surface area (Å²) in [5.41, 5.74) is -0.642. The van der Waals surface area contributed by atoms with E-state index in [9.17, 15) is 9.46 Å². The normalized spacial score (nSPS) is 39.7. The lowest BCUT2D eigenvalue weighted by molar-refractivity contribution is -0.145.